The molecule has 6 heteroatoms. The van der Waals surface area contributed by atoms with Crippen LogP contribution in [-0.2, 0) is 28.6 Å². The molecule has 0 aliphatic heterocycles. The first-order chi connectivity index (χ1) is 31.0. The van der Waals surface area contributed by atoms with Crippen molar-refractivity contribution in [2.75, 3.05) is 13.2 Å². The Morgan fingerprint density at radius 2 is 0.524 bits per heavy atom. The molecule has 0 fully saturated rings. The lowest BCUT2D eigenvalue weighted by atomic mass is 10.1. The van der Waals surface area contributed by atoms with Crippen molar-refractivity contribution in [3.63, 3.8) is 0 Å². The molecule has 0 unspecified atom stereocenters. The van der Waals surface area contributed by atoms with Crippen LogP contribution in [-0.4, -0.2) is 37.2 Å². The van der Waals surface area contributed by atoms with E-state index in [1.807, 2.05) is 0 Å². The first-order valence-electron chi connectivity index (χ1n) is 27.5. The summed E-state index contributed by atoms with van der Waals surface area (Å²) in [5.74, 6) is -0.888. The Labute approximate surface area is 391 Å². The number of carbonyl (C=O) groups excluding carboxylic acids is 3. The number of hydrogen-bond donors (Lipinski definition) is 0. The molecule has 63 heavy (non-hydrogen) atoms. The van der Waals surface area contributed by atoms with E-state index in [1.54, 1.807) is 0 Å². The standard InChI is InChI=1S/C57H104O6/c1-4-7-10-13-16-19-22-25-27-28-30-32-35-38-41-44-47-50-56(59)62-53-54(52-61-55(58)49-46-43-40-37-34-31-24-21-18-15-12-9-6-3)63-57(60)51-48-45-42-39-36-33-29-26-23-20-17-14-11-8-5-2/h21,24-27,29,54H,4-20,22-23,28,30-53H2,1-3H3/t54-/m1/s1. The molecule has 0 saturated heterocycles. The van der Waals surface area contributed by atoms with E-state index in [0.29, 0.717) is 19.3 Å². The van der Waals surface area contributed by atoms with Gasteiger partial charge >= 0.3 is 17.9 Å². The summed E-state index contributed by atoms with van der Waals surface area (Å²) in [4.78, 5) is 38.0. The molecule has 0 aliphatic carbocycles. The van der Waals surface area contributed by atoms with Gasteiger partial charge in [-0.15, -0.1) is 0 Å². The summed E-state index contributed by atoms with van der Waals surface area (Å²) in [5.41, 5.74) is 0. The monoisotopic (exact) mass is 885 g/mol. The van der Waals surface area contributed by atoms with Crippen LogP contribution in [0.15, 0.2) is 36.5 Å². The van der Waals surface area contributed by atoms with Crippen LogP contribution in [0.5, 0.6) is 0 Å². The third-order valence-electron chi connectivity index (χ3n) is 12.1. The number of unbranched alkanes of at least 4 members (excludes halogenated alkanes) is 33. The molecule has 0 aromatic carbocycles. The zero-order valence-electron chi connectivity index (χ0n) is 42.1. The molecule has 0 aromatic heterocycles. The van der Waals surface area contributed by atoms with Crippen molar-refractivity contribution >= 4 is 17.9 Å². The largest absolute Gasteiger partial charge is 0.462 e. The first-order valence-corrected chi connectivity index (χ1v) is 27.5. The number of allylic oxidation sites excluding steroid dienone is 6. The van der Waals surface area contributed by atoms with E-state index in [-0.39, 0.29) is 31.1 Å². The van der Waals surface area contributed by atoms with Crippen LogP contribution in [0, 0.1) is 0 Å². The number of ether oxygens (including phenoxy) is 3. The van der Waals surface area contributed by atoms with E-state index < -0.39 is 6.10 Å². The Balaban J connectivity index is 4.37. The molecule has 0 heterocycles. The second-order valence-electron chi connectivity index (χ2n) is 18.5. The maximum absolute atomic E-state index is 12.8. The van der Waals surface area contributed by atoms with Crippen molar-refractivity contribution in [2.24, 2.45) is 0 Å². The molecule has 0 N–H and O–H groups in total. The normalized spacial score (nSPS) is 12.2. The van der Waals surface area contributed by atoms with Gasteiger partial charge in [-0.3, -0.25) is 14.4 Å². The van der Waals surface area contributed by atoms with Gasteiger partial charge in [-0.25, -0.2) is 0 Å². The molecule has 368 valence electrons. The van der Waals surface area contributed by atoms with Gasteiger partial charge in [0.05, 0.1) is 0 Å². The van der Waals surface area contributed by atoms with Crippen molar-refractivity contribution < 1.29 is 28.6 Å². The quantitative estimate of drug-likeness (QED) is 0.0262. The van der Waals surface area contributed by atoms with E-state index in [0.717, 1.165) is 70.6 Å². The fraction of sp³-hybridized carbons (Fsp3) is 0.842. The lowest BCUT2D eigenvalue weighted by molar-refractivity contribution is -0.167. The molecule has 1 atom stereocenters. The van der Waals surface area contributed by atoms with Crippen LogP contribution in [0.4, 0.5) is 0 Å². The average Bonchev–Trinajstić information content (AvgIpc) is 3.28. The number of esters is 3. The van der Waals surface area contributed by atoms with Gasteiger partial charge in [0.25, 0.3) is 0 Å². The highest BCUT2D eigenvalue weighted by Crippen LogP contribution is 2.15. The van der Waals surface area contributed by atoms with E-state index in [1.165, 1.54) is 180 Å². The van der Waals surface area contributed by atoms with E-state index >= 15 is 0 Å². The third-order valence-corrected chi connectivity index (χ3v) is 12.1. The van der Waals surface area contributed by atoms with Crippen molar-refractivity contribution in [1.82, 2.24) is 0 Å². The highest BCUT2D eigenvalue weighted by molar-refractivity contribution is 5.71. The van der Waals surface area contributed by atoms with Crippen molar-refractivity contribution in [3.8, 4) is 0 Å². The Kier molecular flexibility index (Phi) is 50.3. The third kappa shape index (κ3) is 50.5. The fourth-order valence-electron chi connectivity index (χ4n) is 7.90. The van der Waals surface area contributed by atoms with Crippen molar-refractivity contribution in [1.29, 1.82) is 0 Å². The van der Waals surface area contributed by atoms with Crippen LogP contribution in [0.3, 0.4) is 0 Å². The van der Waals surface area contributed by atoms with E-state index in [4.69, 9.17) is 14.2 Å². The highest BCUT2D eigenvalue weighted by Gasteiger charge is 2.19. The first kappa shape index (κ1) is 60.6. The fourth-order valence-corrected chi connectivity index (χ4v) is 7.90. The molecule has 0 rings (SSSR count). The molecule has 6 nitrogen and oxygen atoms in total. The lowest BCUT2D eigenvalue weighted by Crippen LogP contribution is -2.30. The summed E-state index contributed by atoms with van der Waals surface area (Å²) < 4.78 is 16.8. The maximum Gasteiger partial charge on any atom is 0.306 e. The van der Waals surface area contributed by atoms with Crippen molar-refractivity contribution in [3.05, 3.63) is 36.5 Å². The minimum absolute atomic E-state index is 0.0786. The summed E-state index contributed by atoms with van der Waals surface area (Å²) in [6, 6.07) is 0. The Bertz CT molecular complexity index is 1060. The summed E-state index contributed by atoms with van der Waals surface area (Å²) >= 11 is 0. The highest BCUT2D eigenvalue weighted by atomic mass is 16.6. The van der Waals surface area contributed by atoms with Crippen LogP contribution < -0.4 is 0 Å². The summed E-state index contributed by atoms with van der Waals surface area (Å²) in [6.45, 7) is 6.62. The molecule has 0 aromatic rings. The second-order valence-corrected chi connectivity index (χ2v) is 18.5. The van der Waals surface area contributed by atoms with Gasteiger partial charge in [0.15, 0.2) is 6.10 Å². The SMILES string of the molecule is CCCCCCC=CCCCCCCCC(=O)OC[C@H](COC(=O)CCCCCCCCCC=CCCCCCCCC)OC(=O)CCCCCCCC=CCCCCCCCC. The van der Waals surface area contributed by atoms with Gasteiger partial charge in [0, 0.05) is 19.3 Å². The van der Waals surface area contributed by atoms with Gasteiger partial charge < -0.3 is 14.2 Å². The van der Waals surface area contributed by atoms with E-state index in [9.17, 15) is 14.4 Å². The Hall–Kier alpha value is -2.37. The van der Waals surface area contributed by atoms with Crippen LogP contribution in [0.1, 0.15) is 290 Å². The Morgan fingerprint density at radius 3 is 0.810 bits per heavy atom. The van der Waals surface area contributed by atoms with Gasteiger partial charge in [-0.1, -0.05) is 211 Å². The molecular formula is C57H104O6. The van der Waals surface area contributed by atoms with E-state index in [2.05, 4.69) is 57.2 Å². The van der Waals surface area contributed by atoms with Crippen LogP contribution in [0.2, 0.25) is 0 Å². The molecule has 0 aliphatic rings. The summed E-state index contributed by atoms with van der Waals surface area (Å²) in [6.07, 6.45) is 61.2. The number of hydrogen-bond acceptors (Lipinski definition) is 6. The Morgan fingerprint density at radius 1 is 0.302 bits per heavy atom. The molecular weight excluding hydrogens is 781 g/mol. The number of rotatable bonds is 50. The molecule has 0 saturated carbocycles. The minimum Gasteiger partial charge on any atom is -0.462 e. The van der Waals surface area contributed by atoms with Crippen molar-refractivity contribution in [2.45, 2.75) is 297 Å². The zero-order chi connectivity index (χ0) is 45.8. The summed E-state index contributed by atoms with van der Waals surface area (Å²) in [7, 11) is 0. The average molecular weight is 885 g/mol. The van der Waals surface area contributed by atoms with Crippen LogP contribution in [0.25, 0.3) is 0 Å². The zero-order valence-corrected chi connectivity index (χ0v) is 42.1. The maximum atomic E-state index is 12.8. The smallest absolute Gasteiger partial charge is 0.306 e. The summed E-state index contributed by atoms with van der Waals surface area (Å²) in [5, 5.41) is 0. The predicted molar refractivity (Wildman–Crippen MR) is 270 cm³/mol. The second kappa shape index (κ2) is 52.3. The molecule has 0 amide bonds. The molecule has 0 spiro atoms. The topological polar surface area (TPSA) is 78.9 Å². The van der Waals surface area contributed by atoms with Gasteiger partial charge in [0.1, 0.15) is 13.2 Å². The van der Waals surface area contributed by atoms with Crippen LogP contribution >= 0.6 is 0 Å². The van der Waals surface area contributed by atoms with Gasteiger partial charge in [0.2, 0.25) is 0 Å². The van der Waals surface area contributed by atoms with Gasteiger partial charge in [-0.2, -0.15) is 0 Å². The number of carbonyl (C=O) groups is 3. The molecule has 0 bridgehead atoms. The predicted octanol–water partition coefficient (Wildman–Crippen LogP) is 18.1. The minimum atomic E-state index is -0.779. The lowest BCUT2D eigenvalue weighted by Gasteiger charge is -2.18. The molecule has 0 radical (unpaired) electrons. The van der Waals surface area contributed by atoms with Gasteiger partial charge in [-0.05, 0) is 96.3 Å².